The van der Waals surface area contributed by atoms with E-state index in [0.717, 1.165) is 30.0 Å². The Hall–Kier alpha value is -0.740. The quantitative estimate of drug-likeness (QED) is 0.751. The average Bonchev–Trinajstić information content (AvgIpc) is 2.16. The van der Waals surface area contributed by atoms with Gasteiger partial charge in [0.25, 0.3) is 0 Å². The third kappa shape index (κ3) is 2.50. The van der Waals surface area contributed by atoms with Gasteiger partial charge in [0, 0.05) is 6.04 Å². The van der Waals surface area contributed by atoms with Gasteiger partial charge in [-0.2, -0.15) is 13.2 Å². The van der Waals surface area contributed by atoms with Gasteiger partial charge in [-0.15, -0.1) is 12.4 Å². The Bertz CT molecular complexity index is 376. The molecule has 0 saturated carbocycles. The first-order valence-corrected chi connectivity index (χ1v) is 4.94. The predicted octanol–water partition coefficient (Wildman–Crippen LogP) is 3.46. The molecule has 1 aliphatic rings. The van der Waals surface area contributed by atoms with Crippen molar-refractivity contribution >= 4 is 12.4 Å². The van der Waals surface area contributed by atoms with E-state index in [0.29, 0.717) is 6.42 Å². The van der Waals surface area contributed by atoms with Gasteiger partial charge in [-0.3, -0.25) is 0 Å². The first-order valence-electron chi connectivity index (χ1n) is 4.94. The Balaban J connectivity index is 0.00000128. The molecule has 0 fully saturated rings. The summed E-state index contributed by atoms with van der Waals surface area (Å²) in [5.74, 6) is 0. The number of halogens is 4. The lowest BCUT2D eigenvalue weighted by molar-refractivity contribution is -0.137. The summed E-state index contributed by atoms with van der Waals surface area (Å²) in [5.41, 5.74) is 6.87. The van der Waals surface area contributed by atoms with Crippen molar-refractivity contribution < 1.29 is 13.2 Å². The van der Waals surface area contributed by atoms with Gasteiger partial charge >= 0.3 is 6.18 Å². The van der Waals surface area contributed by atoms with E-state index in [-0.39, 0.29) is 18.4 Å². The van der Waals surface area contributed by atoms with E-state index in [1.165, 1.54) is 12.1 Å². The fourth-order valence-corrected chi connectivity index (χ4v) is 2.03. The molecule has 0 radical (unpaired) electrons. The van der Waals surface area contributed by atoms with Crippen LogP contribution in [0.4, 0.5) is 13.2 Å². The van der Waals surface area contributed by atoms with Gasteiger partial charge in [-0.1, -0.05) is 6.07 Å². The number of hydrogen-bond donors (Lipinski definition) is 1. The van der Waals surface area contributed by atoms with E-state index < -0.39 is 11.7 Å². The molecule has 0 spiro atoms. The van der Waals surface area contributed by atoms with E-state index in [1.807, 2.05) is 0 Å². The standard InChI is InChI=1S/C11H12F3N.ClH/c12-11(13,14)8-4-5-9-7(6-8)2-1-3-10(9)15;/h4-6,10H,1-3,15H2;1H/t10-;/m1./s1. The van der Waals surface area contributed by atoms with Crippen LogP contribution in [0.3, 0.4) is 0 Å². The molecule has 0 aromatic heterocycles. The Morgan fingerprint density at radius 3 is 2.56 bits per heavy atom. The summed E-state index contributed by atoms with van der Waals surface area (Å²) in [4.78, 5) is 0. The molecular weight excluding hydrogens is 239 g/mol. The summed E-state index contributed by atoms with van der Waals surface area (Å²) in [6, 6.07) is 3.76. The largest absolute Gasteiger partial charge is 0.416 e. The lowest BCUT2D eigenvalue weighted by Crippen LogP contribution is -2.18. The van der Waals surface area contributed by atoms with E-state index in [9.17, 15) is 13.2 Å². The van der Waals surface area contributed by atoms with Gasteiger partial charge in [0.1, 0.15) is 0 Å². The number of alkyl halides is 3. The fourth-order valence-electron chi connectivity index (χ4n) is 2.03. The number of fused-ring (bicyclic) bond motifs is 1. The lowest BCUT2D eigenvalue weighted by Gasteiger charge is -2.23. The summed E-state index contributed by atoms with van der Waals surface area (Å²) < 4.78 is 37.3. The van der Waals surface area contributed by atoms with Gasteiger partial charge in [0.05, 0.1) is 5.56 Å². The maximum Gasteiger partial charge on any atom is 0.416 e. The van der Waals surface area contributed by atoms with Crippen LogP contribution >= 0.6 is 12.4 Å². The Labute approximate surface area is 98.2 Å². The van der Waals surface area contributed by atoms with E-state index in [4.69, 9.17) is 5.73 Å². The van der Waals surface area contributed by atoms with Crippen LogP contribution in [-0.4, -0.2) is 0 Å². The summed E-state index contributed by atoms with van der Waals surface area (Å²) in [6.45, 7) is 0. The molecule has 0 saturated heterocycles. The van der Waals surface area contributed by atoms with Crippen LogP contribution in [0, 0.1) is 0 Å². The third-order valence-electron chi connectivity index (χ3n) is 2.83. The smallest absolute Gasteiger partial charge is 0.324 e. The summed E-state index contributed by atoms with van der Waals surface area (Å²) in [6.07, 6.45) is -1.82. The lowest BCUT2D eigenvalue weighted by atomic mass is 9.87. The van der Waals surface area contributed by atoms with Gasteiger partial charge in [0.15, 0.2) is 0 Å². The highest BCUT2D eigenvalue weighted by atomic mass is 35.5. The Morgan fingerprint density at radius 2 is 1.94 bits per heavy atom. The Kier molecular flexibility index (Phi) is 3.86. The minimum atomic E-state index is -4.25. The second kappa shape index (κ2) is 4.63. The highest BCUT2D eigenvalue weighted by Crippen LogP contribution is 2.34. The first-order chi connectivity index (χ1) is 6.98. The molecule has 0 unspecified atom stereocenters. The van der Waals surface area contributed by atoms with Crippen LogP contribution in [0.25, 0.3) is 0 Å². The van der Waals surface area contributed by atoms with Crippen molar-refractivity contribution in [2.45, 2.75) is 31.5 Å². The van der Waals surface area contributed by atoms with Crippen molar-refractivity contribution in [2.75, 3.05) is 0 Å². The topological polar surface area (TPSA) is 26.0 Å². The average molecular weight is 252 g/mol. The number of nitrogens with two attached hydrogens (primary N) is 1. The molecule has 16 heavy (non-hydrogen) atoms. The first kappa shape index (κ1) is 13.3. The minimum absolute atomic E-state index is 0. The summed E-state index contributed by atoms with van der Waals surface area (Å²) >= 11 is 0. The molecule has 1 atom stereocenters. The van der Waals surface area contributed by atoms with Gasteiger partial charge < -0.3 is 5.73 Å². The van der Waals surface area contributed by atoms with Crippen LogP contribution in [-0.2, 0) is 12.6 Å². The summed E-state index contributed by atoms with van der Waals surface area (Å²) in [7, 11) is 0. The maximum absolute atomic E-state index is 12.4. The third-order valence-corrected chi connectivity index (χ3v) is 2.83. The van der Waals surface area contributed by atoms with Crippen molar-refractivity contribution in [1.82, 2.24) is 0 Å². The van der Waals surface area contributed by atoms with Crippen molar-refractivity contribution in [2.24, 2.45) is 5.73 Å². The normalized spacial score (nSPS) is 19.9. The van der Waals surface area contributed by atoms with Crippen LogP contribution in [0.15, 0.2) is 18.2 Å². The zero-order valence-electron chi connectivity index (χ0n) is 8.55. The van der Waals surface area contributed by atoms with Gasteiger partial charge in [0.2, 0.25) is 0 Å². The van der Waals surface area contributed by atoms with Crippen LogP contribution in [0.5, 0.6) is 0 Å². The van der Waals surface area contributed by atoms with Crippen molar-refractivity contribution in [3.63, 3.8) is 0 Å². The minimum Gasteiger partial charge on any atom is -0.324 e. The second-order valence-corrected chi connectivity index (χ2v) is 3.91. The van der Waals surface area contributed by atoms with Crippen molar-refractivity contribution in [3.8, 4) is 0 Å². The van der Waals surface area contributed by atoms with Crippen molar-refractivity contribution in [3.05, 3.63) is 34.9 Å². The monoisotopic (exact) mass is 251 g/mol. The van der Waals surface area contributed by atoms with Gasteiger partial charge in [-0.25, -0.2) is 0 Å². The molecular formula is C11H13ClF3N. The molecule has 0 bridgehead atoms. The van der Waals surface area contributed by atoms with Gasteiger partial charge in [-0.05, 0) is 42.5 Å². The van der Waals surface area contributed by atoms with Crippen molar-refractivity contribution in [1.29, 1.82) is 0 Å². The maximum atomic E-state index is 12.4. The molecule has 0 heterocycles. The number of aryl methyl sites for hydroxylation is 1. The molecule has 2 N–H and O–H groups in total. The SMILES string of the molecule is Cl.N[C@@H]1CCCc2cc(C(F)(F)F)ccc21. The van der Waals surface area contributed by atoms with Crippen LogP contribution < -0.4 is 5.73 Å². The molecule has 2 rings (SSSR count). The van der Waals surface area contributed by atoms with Crippen LogP contribution in [0.2, 0.25) is 0 Å². The fraction of sp³-hybridized carbons (Fsp3) is 0.455. The highest BCUT2D eigenvalue weighted by molar-refractivity contribution is 5.85. The highest BCUT2D eigenvalue weighted by Gasteiger charge is 2.31. The molecule has 1 aromatic carbocycles. The van der Waals surface area contributed by atoms with E-state index in [2.05, 4.69) is 0 Å². The molecule has 1 aliphatic carbocycles. The van der Waals surface area contributed by atoms with E-state index in [1.54, 1.807) is 0 Å². The summed E-state index contributed by atoms with van der Waals surface area (Å²) in [5, 5.41) is 0. The number of benzene rings is 1. The zero-order chi connectivity index (χ0) is 11.1. The molecule has 0 amide bonds. The number of hydrogen-bond acceptors (Lipinski definition) is 1. The molecule has 90 valence electrons. The zero-order valence-corrected chi connectivity index (χ0v) is 9.37. The molecule has 0 aliphatic heterocycles. The van der Waals surface area contributed by atoms with Crippen LogP contribution in [0.1, 0.15) is 35.6 Å². The number of rotatable bonds is 0. The molecule has 1 aromatic rings. The predicted molar refractivity (Wildman–Crippen MR) is 58.6 cm³/mol. The molecule has 1 nitrogen and oxygen atoms in total. The Morgan fingerprint density at radius 1 is 1.25 bits per heavy atom. The second-order valence-electron chi connectivity index (χ2n) is 3.91. The van der Waals surface area contributed by atoms with E-state index >= 15 is 0 Å². The molecule has 5 heteroatoms.